The summed E-state index contributed by atoms with van der Waals surface area (Å²) in [7, 11) is 0. The highest BCUT2D eigenvalue weighted by Gasteiger charge is 2.21. The number of thioether (sulfide) groups is 1. The van der Waals surface area contributed by atoms with Crippen LogP contribution in [0.1, 0.15) is 25.7 Å². The van der Waals surface area contributed by atoms with Crippen LogP contribution in [-0.2, 0) is 0 Å². The van der Waals surface area contributed by atoms with Gasteiger partial charge in [0, 0.05) is 11.3 Å². The molecule has 0 bridgehead atoms. The van der Waals surface area contributed by atoms with Gasteiger partial charge in [-0.15, -0.1) is 0 Å². The molecule has 0 amide bonds. The lowest BCUT2D eigenvalue weighted by Crippen LogP contribution is -2.27. The summed E-state index contributed by atoms with van der Waals surface area (Å²) >= 11 is 1.96. The van der Waals surface area contributed by atoms with E-state index >= 15 is 0 Å². The first-order valence-corrected chi connectivity index (χ1v) is 8.52. The van der Waals surface area contributed by atoms with Crippen LogP contribution in [0.4, 0.5) is 11.4 Å². The van der Waals surface area contributed by atoms with Gasteiger partial charge in [-0.3, -0.25) is 4.79 Å². The highest BCUT2D eigenvalue weighted by molar-refractivity contribution is 7.99. The molecule has 1 aromatic heterocycles. The molecular weight excluding hydrogens is 284 g/mol. The van der Waals surface area contributed by atoms with Gasteiger partial charge in [-0.05, 0) is 44.1 Å². The third-order valence-electron chi connectivity index (χ3n) is 4.18. The maximum Gasteiger partial charge on any atom is 0.258 e. The Kier molecular flexibility index (Phi) is 4.05. The minimum Gasteiger partial charge on any atom is -0.397 e. The SMILES string of the molecule is CSC1CCC(Nc2cc3nc[nH]c(=O)c3cc2N)CC1. The smallest absolute Gasteiger partial charge is 0.258 e. The average molecular weight is 304 g/mol. The lowest BCUT2D eigenvalue weighted by molar-refractivity contribution is 0.473. The summed E-state index contributed by atoms with van der Waals surface area (Å²) in [4.78, 5) is 18.5. The van der Waals surface area contributed by atoms with E-state index in [9.17, 15) is 4.79 Å². The molecule has 5 nitrogen and oxygen atoms in total. The molecule has 1 fully saturated rings. The van der Waals surface area contributed by atoms with E-state index in [1.54, 1.807) is 6.07 Å². The van der Waals surface area contributed by atoms with Crippen molar-refractivity contribution in [3.8, 4) is 0 Å². The van der Waals surface area contributed by atoms with Crippen LogP contribution >= 0.6 is 11.8 Å². The fourth-order valence-electron chi connectivity index (χ4n) is 2.92. The Labute approximate surface area is 127 Å². The molecule has 6 heteroatoms. The van der Waals surface area contributed by atoms with Gasteiger partial charge in [0.2, 0.25) is 0 Å². The van der Waals surface area contributed by atoms with Crippen LogP contribution < -0.4 is 16.6 Å². The zero-order valence-corrected chi connectivity index (χ0v) is 12.9. The highest BCUT2D eigenvalue weighted by atomic mass is 32.2. The molecule has 21 heavy (non-hydrogen) atoms. The summed E-state index contributed by atoms with van der Waals surface area (Å²) in [6.45, 7) is 0. The van der Waals surface area contributed by atoms with E-state index in [1.807, 2.05) is 17.8 Å². The first-order valence-electron chi connectivity index (χ1n) is 7.23. The van der Waals surface area contributed by atoms with Gasteiger partial charge in [-0.2, -0.15) is 11.8 Å². The number of fused-ring (bicyclic) bond motifs is 1. The van der Waals surface area contributed by atoms with Crippen LogP contribution in [-0.4, -0.2) is 27.5 Å². The summed E-state index contributed by atoms with van der Waals surface area (Å²) in [5, 5.41) is 4.84. The molecule has 0 atom stereocenters. The number of hydrogen-bond donors (Lipinski definition) is 3. The Morgan fingerprint density at radius 1 is 1.33 bits per heavy atom. The van der Waals surface area contributed by atoms with Crippen molar-refractivity contribution in [3.63, 3.8) is 0 Å². The van der Waals surface area contributed by atoms with Crippen molar-refractivity contribution in [3.05, 3.63) is 28.8 Å². The van der Waals surface area contributed by atoms with E-state index < -0.39 is 0 Å². The number of aromatic nitrogens is 2. The molecule has 0 aliphatic heterocycles. The predicted octanol–water partition coefficient (Wildman–Crippen LogP) is 2.59. The molecule has 3 rings (SSSR count). The molecule has 1 heterocycles. The van der Waals surface area contributed by atoms with Crippen molar-refractivity contribution < 1.29 is 0 Å². The Balaban J connectivity index is 1.81. The molecule has 0 unspecified atom stereocenters. The largest absolute Gasteiger partial charge is 0.397 e. The van der Waals surface area contributed by atoms with E-state index in [4.69, 9.17) is 5.73 Å². The Hall–Kier alpha value is -1.69. The summed E-state index contributed by atoms with van der Waals surface area (Å²) < 4.78 is 0. The van der Waals surface area contributed by atoms with Gasteiger partial charge in [-0.1, -0.05) is 0 Å². The Morgan fingerprint density at radius 2 is 2.10 bits per heavy atom. The van der Waals surface area contributed by atoms with Gasteiger partial charge in [-0.25, -0.2) is 4.98 Å². The van der Waals surface area contributed by atoms with Gasteiger partial charge < -0.3 is 16.0 Å². The second kappa shape index (κ2) is 5.97. The molecular formula is C15H20N4OS. The second-order valence-electron chi connectivity index (χ2n) is 5.54. The number of benzene rings is 1. The summed E-state index contributed by atoms with van der Waals surface area (Å²) in [5.74, 6) is 0. The van der Waals surface area contributed by atoms with E-state index in [2.05, 4.69) is 21.5 Å². The molecule has 2 aromatic rings. The number of nitrogens with two attached hydrogens (primary N) is 1. The summed E-state index contributed by atoms with van der Waals surface area (Å²) in [5.41, 5.74) is 8.09. The van der Waals surface area contributed by atoms with Crippen LogP contribution in [0, 0.1) is 0 Å². The maximum absolute atomic E-state index is 11.7. The topological polar surface area (TPSA) is 83.8 Å². The van der Waals surface area contributed by atoms with E-state index in [0.717, 1.165) is 23.8 Å². The standard InChI is InChI=1S/C15H20N4OS/c1-21-10-4-2-9(3-5-10)19-14-7-13-11(6-12(14)16)15(20)18-8-17-13/h6-10,19H,2-5,16H2,1H3,(H,17,18,20). The van der Waals surface area contributed by atoms with Crippen molar-refractivity contribution in [2.24, 2.45) is 0 Å². The van der Waals surface area contributed by atoms with E-state index in [0.29, 0.717) is 22.6 Å². The number of nitrogens with one attached hydrogen (secondary N) is 2. The molecule has 1 aliphatic carbocycles. The van der Waals surface area contributed by atoms with Gasteiger partial charge in [0.25, 0.3) is 5.56 Å². The van der Waals surface area contributed by atoms with Crippen molar-refractivity contribution in [1.82, 2.24) is 9.97 Å². The van der Waals surface area contributed by atoms with Crippen molar-refractivity contribution in [2.45, 2.75) is 37.0 Å². The highest BCUT2D eigenvalue weighted by Crippen LogP contribution is 2.31. The molecule has 1 aromatic carbocycles. The minimum atomic E-state index is -0.154. The fraction of sp³-hybridized carbons (Fsp3) is 0.467. The van der Waals surface area contributed by atoms with Crippen molar-refractivity contribution in [1.29, 1.82) is 0 Å². The van der Waals surface area contributed by atoms with E-state index in [1.165, 1.54) is 19.2 Å². The van der Waals surface area contributed by atoms with Gasteiger partial charge in [0.05, 0.1) is 28.6 Å². The van der Waals surface area contributed by atoms with Gasteiger partial charge in [0.15, 0.2) is 0 Å². The molecule has 4 N–H and O–H groups in total. The summed E-state index contributed by atoms with van der Waals surface area (Å²) in [6, 6.07) is 4.03. The first-order chi connectivity index (χ1) is 10.2. The van der Waals surface area contributed by atoms with Crippen molar-refractivity contribution in [2.75, 3.05) is 17.3 Å². The molecule has 0 radical (unpaired) electrons. The number of hydrogen-bond acceptors (Lipinski definition) is 5. The molecule has 1 aliphatic rings. The number of nitrogens with zero attached hydrogens (tertiary/aromatic N) is 1. The maximum atomic E-state index is 11.7. The van der Waals surface area contributed by atoms with E-state index in [-0.39, 0.29) is 5.56 Å². The molecule has 0 saturated heterocycles. The number of aromatic amines is 1. The molecule has 0 spiro atoms. The minimum absolute atomic E-state index is 0.154. The number of H-pyrrole nitrogens is 1. The Bertz CT molecular complexity index is 692. The molecule has 112 valence electrons. The monoisotopic (exact) mass is 304 g/mol. The Morgan fingerprint density at radius 3 is 2.81 bits per heavy atom. The quantitative estimate of drug-likeness (QED) is 0.759. The zero-order chi connectivity index (χ0) is 14.8. The normalized spacial score (nSPS) is 22.3. The zero-order valence-electron chi connectivity index (χ0n) is 12.1. The molecule has 1 saturated carbocycles. The lowest BCUT2D eigenvalue weighted by atomic mass is 9.94. The van der Waals surface area contributed by atoms with Gasteiger partial charge in [0.1, 0.15) is 0 Å². The number of nitrogen functional groups attached to an aromatic ring is 1. The van der Waals surface area contributed by atoms with Crippen LogP contribution in [0.15, 0.2) is 23.3 Å². The lowest BCUT2D eigenvalue weighted by Gasteiger charge is -2.29. The average Bonchev–Trinajstić information content (AvgIpc) is 2.50. The van der Waals surface area contributed by atoms with Crippen LogP contribution in [0.5, 0.6) is 0 Å². The van der Waals surface area contributed by atoms with Crippen LogP contribution in [0.25, 0.3) is 10.9 Å². The van der Waals surface area contributed by atoms with Crippen molar-refractivity contribution >= 4 is 34.0 Å². The third kappa shape index (κ3) is 3.00. The van der Waals surface area contributed by atoms with Crippen LogP contribution in [0.3, 0.4) is 0 Å². The second-order valence-corrected chi connectivity index (χ2v) is 6.68. The first kappa shape index (κ1) is 14.3. The van der Waals surface area contributed by atoms with Crippen LogP contribution in [0.2, 0.25) is 0 Å². The van der Waals surface area contributed by atoms with Gasteiger partial charge >= 0.3 is 0 Å². The number of rotatable bonds is 3. The third-order valence-corrected chi connectivity index (χ3v) is 5.32. The fourth-order valence-corrected chi connectivity index (χ4v) is 3.66. The summed E-state index contributed by atoms with van der Waals surface area (Å²) in [6.07, 6.45) is 8.41. The number of anilines is 2. The predicted molar refractivity (Wildman–Crippen MR) is 90.0 cm³/mol.